The molecule has 2 aromatic rings. The molecule has 3 heteroatoms. The number of benzene rings is 1. The Morgan fingerprint density at radius 1 is 1.12 bits per heavy atom. The lowest BCUT2D eigenvalue weighted by molar-refractivity contribution is 0.102. The number of anilines is 1. The van der Waals surface area contributed by atoms with Crippen LogP contribution in [0.5, 0.6) is 0 Å². The van der Waals surface area contributed by atoms with Crippen LogP contribution < -0.4 is 5.32 Å². The van der Waals surface area contributed by atoms with Crippen LogP contribution in [0.15, 0.2) is 24.3 Å². The lowest BCUT2D eigenvalue weighted by atomic mass is 9.92. The van der Waals surface area contributed by atoms with Gasteiger partial charge in [-0.2, -0.15) is 0 Å². The van der Waals surface area contributed by atoms with Gasteiger partial charge in [-0.05, 0) is 61.8 Å². The van der Waals surface area contributed by atoms with Crippen molar-refractivity contribution in [2.45, 2.75) is 66.7 Å². The Hall–Kier alpha value is -2.16. The fourth-order valence-electron chi connectivity index (χ4n) is 3.34. The topological polar surface area (TPSA) is 42.0 Å². The number of aryl methyl sites for hydroxylation is 4. The highest BCUT2D eigenvalue weighted by atomic mass is 16.1. The second-order valence-corrected chi connectivity index (χ2v) is 6.74. The van der Waals surface area contributed by atoms with Crippen LogP contribution in [0, 0.1) is 13.8 Å². The number of rotatable bonds is 6. The Bertz CT molecular complexity index is 743. The zero-order chi connectivity index (χ0) is 18.6. The summed E-state index contributed by atoms with van der Waals surface area (Å²) in [6, 6.07) is 8.30. The Morgan fingerprint density at radius 2 is 1.72 bits per heavy atom. The first kappa shape index (κ1) is 19.2. The first-order valence-electron chi connectivity index (χ1n) is 9.33. The quantitative estimate of drug-likeness (QED) is 0.746. The van der Waals surface area contributed by atoms with Crippen molar-refractivity contribution in [2.75, 3.05) is 5.32 Å². The maximum absolute atomic E-state index is 13.2. The van der Waals surface area contributed by atoms with Gasteiger partial charge in [-0.15, -0.1) is 0 Å². The zero-order valence-corrected chi connectivity index (χ0v) is 16.4. The highest BCUT2D eigenvalue weighted by Gasteiger charge is 2.21. The number of nitrogens with zero attached hydrogens (tertiary/aromatic N) is 1. The van der Waals surface area contributed by atoms with E-state index in [1.165, 1.54) is 11.1 Å². The van der Waals surface area contributed by atoms with Crippen LogP contribution in [0.1, 0.15) is 78.5 Å². The average Bonchev–Trinajstić information content (AvgIpc) is 2.60. The minimum absolute atomic E-state index is 0.0455. The molecule has 0 bridgehead atoms. The van der Waals surface area contributed by atoms with Crippen LogP contribution in [-0.4, -0.2) is 10.9 Å². The SMILES string of the molecule is CCc1cccc(CC)c1NC(=O)c1c(C(C)CC)cc(C)nc1C. The molecule has 0 aliphatic carbocycles. The lowest BCUT2D eigenvalue weighted by Gasteiger charge is -2.19. The van der Waals surface area contributed by atoms with Crippen LogP contribution in [0.4, 0.5) is 5.69 Å². The number of pyridine rings is 1. The standard InChI is InChI=1S/C22H30N2O/c1-7-14(4)19-13-15(5)23-16(6)20(19)22(25)24-21-17(8-2)11-10-12-18(21)9-3/h10-14H,7-9H2,1-6H3,(H,24,25). The summed E-state index contributed by atoms with van der Waals surface area (Å²) in [5.74, 6) is 0.282. The van der Waals surface area contributed by atoms with Gasteiger partial charge in [0.15, 0.2) is 0 Å². The maximum Gasteiger partial charge on any atom is 0.257 e. The molecular formula is C22H30N2O. The van der Waals surface area contributed by atoms with E-state index in [0.717, 1.165) is 47.5 Å². The van der Waals surface area contributed by atoms with Crippen molar-refractivity contribution in [3.05, 3.63) is 57.9 Å². The first-order valence-corrected chi connectivity index (χ1v) is 9.33. The number of hydrogen-bond donors (Lipinski definition) is 1. The normalized spacial score (nSPS) is 12.1. The van der Waals surface area contributed by atoms with Crippen LogP contribution in [0.25, 0.3) is 0 Å². The molecule has 0 saturated heterocycles. The molecule has 0 fully saturated rings. The summed E-state index contributed by atoms with van der Waals surface area (Å²) in [5.41, 5.74) is 6.91. The summed E-state index contributed by atoms with van der Waals surface area (Å²) >= 11 is 0. The van der Waals surface area contributed by atoms with E-state index in [0.29, 0.717) is 5.92 Å². The number of amides is 1. The number of hydrogen-bond acceptors (Lipinski definition) is 2. The monoisotopic (exact) mass is 338 g/mol. The molecule has 1 N–H and O–H groups in total. The van der Waals surface area contributed by atoms with Crippen LogP contribution in [0.3, 0.4) is 0 Å². The molecule has 1 atom stereocenters. The van der Waals surface area contributed by atoms with Crippen molar-refractivity contribution in [3.63, 3.8) is 0 Å². The molecule has 1 aromatic heterocycles. The van der Waals surface area contributed by atoms with Crippen molar-refractivity contribution >= 4 is 11.6 Å². The molecule has 25 heavy (non-hydrogen) atoms. The van der Waals surface area contributed by atoms with E-state index < -0.39 is 0 Å². The third kappa shape index (κ3) is 4.09. The first-order chi connectivity index (χ1) is 11.9. The summed E-state index contributed by atoms with van der Waals surface area (Å²) in [7, 11) is 0. The maximum atomic E-state index is 13.2. The molecule has 3 nitrogen and oxygen atoms in total. The van der Waals surface area contributed by atoms with E-state index in [2.05, 4.69) is 62.3 Å². The van der Waals surface area contributed by atoms with Crippen LogP contribution in [-0.2, 0) is 12.8 Å². The minimum Gasteiger partial charge on any atom is -0.321 e. The summed E-state index contributed by atoms with van der Waals surface area (Å²) in [6.07, 6.45) is 2.79. The number of carbonyl (C=O) groups is 1. The van der Waals surface area contributed by atoms with Gasteiger partial charge in [0.1, 0.15) is 0 Å². The summed E-state index contributed by atoms with van der Waals surface area (Å²) in [5, 5.41) is 3.20. The second-order valence-electron chi connectivity index (χ2n) is 6.74. The third-order valence-electron chi connectivity index (χ3n) is 4.97. The largest absolute Gasteiger partial charge is 0.321 e. The highest BCUT2D eigenvalue weighted by Crippen LogP contribution is 2.28. The predicted molar refractivity (Wildman–Crippen MR) is 106 cm³/mol. The van der Waals surface area contributed by atoms with Crippen molar-refractivity contribution in [1.82, 2.24) is 4.98 Å². The van der Waals surface area contributed by atoms with Gasteiger partial charge in [-0.1, -0.05) is 45.9 Å². The molecule has 0 saturated carbocycles. The summed E-state index contributed by atoms with van der Waals surface area (Å²) in [4.78, 5) is 17.7. The van der Waals surface area contributed by atoms with Gasteiger partial charge < -0.3 is 5.32 Å². The number of nitrogens with one attached hydrogen (secondary N) is 1. The summed E-state index contributed by atoms with van der Waals surface area (Å²) < 4.78 is 0. The van der Waals surface area contributed by atoms with E-state index in [4.69, 9.17) is 0 Å². The van der Waals surface area contributed by atoms with E-state index in [1.54, 1.807) is 0 Å². The van der Waals surface area contributed by atoms with E-state index in [1.807, 2.05) is 13.8 Å². The Labute approximate surface area is 151 Å². The average molecular weight is 338 g/mol. The molecule has 1 unspecified atom stereocenters. The number of aromatic nitrogens is 1. The molecule has 0 aliphatic heterocycles. The van der Waals surface area contributed by atoms with Crippen molar-refractivity contribution in [2.24, 2.45) is 0 Å². The predicted octanol–water partition coefficient (Wildman–Crippen LogP) is 5.59. The Morgan fingerprint density at radius 3 is 2.24 bits per heavy atom. The van der Waals surface area contributed by atoms with E-state index >= 15 is 0 Å². The van der Waals surface area contributed by atoms with Crippen LogP contribution in [0.2, 0.25) is 0 Å². The smallest absolute Gasteiger partial charge is 0.257 e. The molecule has 1 aromatic carbocycles. The fraction of sp³-hybridized carbons (Fsp3) is 0.455. The Kier molecular flexibility index (Phi) is 6.35. The van der Waals surface area contributed by atoms with Crippen molar-refractivity contribution in [3.8, 4) is 0 Å². The Balaban J connectivity index is 2.50. The molecule has 0 radical (unpaired) electrons. The van der Waals surface area contributed by atoms with Crippen molar-refractivity contribution < 1.29 is 4.79 Å². The molecule has 1 amide bonds. The molecule has 1 heterocycles. The zero-order valence-electron chi connectivity index (χ0n) is 16.4. The van der Waals surface area contributed by atoms with Crippen LogP contribution >= 0.6 is 0 Å². The van der Waals surface area contributed by atoms with Gasteiger partial charge >= 0.3 is 0 Å². The van der Waals surface area contributed by atoms with Gasteiger partial charge in [0.05, 0.1) is 11.3 Å². The minimum atomic E-state index is -0.0455. The van der Waals surface area contributed by atoms with Crippen molar-refractivity contribution in [1.29, 1.82) is 0 Å². The van der Waals surface area contributed by atoms with Gasteiger partial charge in [0.25, 0.3) is 5.91 Å². The molecule has 134 valence electrons. The third-order valence-corrected chi connectivity index (χ3v) is 4.97. The number of carbonyl (C=O) groups excluding carboxylic acids is 1. The second kappa shape index (κ2) is 8.28. The summed E-state index contributed by atoms with van der Waals surface area (Å²) in [6.45, 7) is 12.5. The van der Waals surface area contributed by atoms with Gasteiger partial charge in [-0.25, -0.2) is 0 Å². The highest BCUT2D eigenvalue weighted by molar-refractivity contribution is 6.07. The molecular weight excluding hydrogens is 308 g/mol. The fourth-order valence-corrected chi connectivity index (χ4v) is 3.34. The van der Waals surface area contributed by atoms with Gasteiger partial charge in [0.2, 0.25) is 0 Å². The number of para-hydroxylation sites is 1. The molecule has 2 rings (SSSR count). The lowest BCUT2D eigenvalue weighted by Crippen LogP contribution is -2.20. The molecule has 0 spiro atoms. The van der Waals surface area contributed by atoms with E-state index in [9.17, 15) is 4.79 Å². The molecule has 0 aliphatic rings. The van der Waals surface area contributed by atoms with Gasteiger partial charge in [-0.3, -0.25) is 9.78 Å². The van der Waals surface area contributed by atoms with E-state index in [-0.39, 0.29) is 5.91 Å². The van der Waals surface area contributed by atoms with Gasteiger partial charge in [0, 0.05) is 11.4 Å².